The number of hydrogen-bond donors (Lipinski definition) is 1. The van der Waals surface area contributed by atoms with Gasteiger partial charge in [-0.15, -0.1) is 0 Å². The van der Waals surface area contributed by atoms with Gasteiger partial charge in [-0.05, 0) is 0 Å². The van der Waals surface area contributed by atoms with Gasteiger partial charge in [-0.3, -0.25) is 0 Å². The SMILES string of the molecule is COC(=O)c1cncnc1NCC#N. The van der Waals surface area contributed by atoms with E-state index in [1.807, 2.05) is 6.07 Å². The van der Waals surface area contributed by atoms with Crippen molar-refractivity contribution in [1.82, 2.24) is 9.97 Å². The van der Waals surface area contributed by atoms with E-state index in [2.05, 4.69) is 20.0 Å². The average Bonchev–Trinajstić information content (AvgIpc) is 2.25. The number of rotatable bonds is 3. The lowest BCUT2D eigenvalue weighted by Crippen LogP contribution is -2.10. The second-order valence-electron chi connectivity index (χ2n) is 2.29. The van der Waals surface area contributed by atoms with Crippen LogP contribution >= 0.6 is 0 Å². The van der Waals surface area contributed by atoms with Crippen molar-refractivity contribution in [3.63, 3.8) is 0 Å². The molecular weight excluding hydrogens is 184 g/mol. The Balaban J connectivity index is 2.92. The number of aromatic nitrogens is 2. The van der Waals surface area contributed by atoms with Crippen LogP contribution in [0.5, 0.6) is 0 Å². The number of nitriles is 1. The number of methoxy groups -OCH3 is 1. The first-order chi connectivity index (χ1) is 6.79. The Labute approximate surface area is 80.5 Å². The second-order valence-corrected chi connectivity index (χ2v) is 2.29. The Kier molecular flexibility index (Phi) is 3.38. The van der Waals surface area contributed by atoms with Crippen LogP contribution in [0, 0.1) is 11.3 Å². The standard InChI is InChI=1S/C8H8N4O2/c1-14-8(13)6-4-10-5-12-7(6)11-3-2-9/h4-5H,3H2,1H3,(H,10,11,12). The van der Waals surface area contributed by atoms with Crippen molar-refractivity contribution in [3.05, 3.63) is 18.1 Å². The largest absolute Gasteiger partial charge is 0.465 e. The van der Waals surface area contributed by atoms with E-state index in [-0.39, 0.29) is 12.1 Å². The van der Waals surface area contributed by atoms with Crippen molar-refractivity contribution in [2.45, 2.75) is 0 Å². The van der Waals surface area contributed by atoms with Crippen LogP contribution in [0.2, 0.25) is 0 Å². The molecule has 0 saturated carbocycles. The Morgan fingerprint density at radius 1 is 1.79 bits per heavy atom. The summed E-state index contributed by atoms with van der Waals surface area (Å²) in [5, 5.41) is 11.0. The van der Waals surface area contributed by atoms with Crippen molar-refractivity contribution < 1.29 is 9.53 Å². The molecule has 14 heavy (non-hydrogen) atoms. The summed E-state index contributed by atoms with van der Waals surface area (Å²) in [6.07, 6.45) is 2.62. The van der Waals surface area contributed by atoms with E-state index in [4.69, 9.17) is 5.26 Å². The monoisotopic (exact) mass is 192 g/mol. The minimum Gasteiger partial charge on any atom is -0.465 e. The van der Waals surface area contributed by atoms with Crippen LogP contribution in [-0.2, 0) is 4.74 Å². The highest BCUT2D eigenvalue weighted by Gasteiger charge is 2.12. The molecule has 6 nitrogen and oxygen atoms in total. The first-order valence-corrected chi connectivity index (χ1v) is 3.78. The van der Waals surface area contributed by atoms with Crippen LogP contribution in [0.15, 0.2) is 12.5 Å². The van der Waals surface area contributed by atoms with Crippen LogP contribution in [-0.4, -0.2) is 29.6 Å². The smallest absolute Gasteiger partial charge is 0.343 e. The van der Waals surface area contributed by atoms with Gasteiger partial charge in [-0.2, -0.15) is 5.26 Å². The number of nitrogens with one attached hydrogen (secondary N) is 1. The zero-order chi connectivity index (χ0) is 10.4. The van der Waals surface area contributed by atoms with Gasteiger partial charge in [0.25, 0.3) is 0 Å². The molecule has 0 spiro atoms. The van der Waals surface area contributed by atoms with Crippen LogP contribution in [0.25, 0.3) is 0 Å². The molecule has 0 bridgehead atoms. The fourth-order valence-electron chi connectivity index (χ4n) is 0.853. The Morgan fingerprint density at radius 3 is 3.21 bits per heavy atom. The molecule has 0 saturated heterocycles. The highest BCUT2D eigenvalue weighted by molar-refractivity contribution is 5.94. The predicted molar refractivity (Wildman–Crippen MR) is 47.5 cm³/mol. The second kappa shape index (κ2) is 4.77. The van der Waals surface area contributed by atoms with Gasteiger partial charge >= 0.3 is 5.97 Å². The molecule has 1 aromatic heterocycles. The molecule has 0 atom stereocenters. The van der Waals surface area contributed by atoms with Crippen molar-refractivity contribution in [2.24, 2.45) is 0 Å². The molecule has 0 radical (unpaired) electrons. The molecule has 0 amide bonds. The highest BCUT2D eigenvalue weighted by Crippen LogP contribution is 2.10. The van der Waals surface area contributed by atoms with E-state index in [9.17, 15) is 4.79 Å². The van der Waals surface area contributed by atoms with Gasteiger partial charge in [-0.1, -0.05) is 0 Å². The third-order valence-corrected chi connectivity index (χ3v) is 1.45. The van der Waals surface area contributed by atoms with Crippen LogP contribution in [0.3, 0.4) is 0 Å². The molecule has 0 aliphatic carbocycles. The van der Waals surface area contributed by atoms with Gasteiger partial charge in [0.15, 0.2) is 0 Å². The zero-order valence-corrected chi connectivity index (χ0v) is 7.52. The molecule has 0 aromatic carbocycles. The van der Waals surface area contributed by atoms with Gasteiger partial charge in [0, 0.05) is 6.20 Å². The van der Waals surface area contributed by atoms with E-state index < -0.39 is 5.97 Å². The topological polar surface area (TPSA) is 87.9 Å². The van der Waals surface area contributed by atoms with Gasteiger partial charge in [0.1, 0.15) is 24.3 Å². The molecule has 1 aromatic rings. The summed E-state index contributed by atoms with van der Waals surface area (Å²) in [7, 11) is 1.27. The van der Waals surface area contributed by atoms with Crippen molar-refractivity contribution in [3.8, 4) is 6.07 Å². The number of anilines is 1. The Morgan fingerprint density at radius 2 is 2.57 bits per heavy atom. The minimum absolute atomic E-state index is 0.0704. The third kappa shape index (κ3) is 2.17. The first-order valence-electron chi connectivity index (χ1n) is 3.78. The Hall–Kier alpha value is -2.16. The van der Waals surface area contributed by atoms with Crippen molar-refractivity contribution >= 4 is 11.8 Å². The quantitative estimate of drug-likeness (QED) is 0.543. The normalized spacial score (nSPS) is 8.86. The van der Waals surface area contributed by atoms with E-state index in [0.29, 0.717) is 5.82 Å². The molecule has 0 aliphatic rings. The van der Waals surface area contributed by atoms with E-state index in [1.165, 1.54) is 19.6 Å². The molecule has 0 unspecified atom stereocenters. The lowest BCUT2D eigenvalue weighted by atomic mass is 10.3. The van der Waals surface area contributed by atoms with Crippen LogP contribution < -0.4 is 5.32 Å². The minimum atomic E-state index is -0.536. The first kappa shape index (κ1) is 9.92. The van der Waals surface area contributed by atoms with E-state index >= 15 is 0 Å². The van der Waals surface area contributed by atoms with Gasteiger partial charge in [-0.25, -0.2) is 14.8 Å². The number of esters is 1. The maximum atomic E-state index is 11.2. The number of hydrogen-bond acceptors (Lipinski definition) is 6. The number of ether oxygens (including phenoxy) is 1. The summed E-state index contributed by atoms with van der Waals surface area (Å²) < 4.78 is 4.52. The van der Waals surface area contributed by atoms with Gasteiger partial charge in [0.05, 0.1) is 13.2 Å². The van der Waals surface area contributed by atoms with Crippen molar-refractivity contribution in [2.75, 3.05) is 19.0 Å². The summed E-state index contributed by atoms with van der Waals surface area (Å²) >= 11 is 0. The maximum Gasteiger partial charge on any atom is 0.343 e. The van der Waals surface area contributed by atoms with Gasteiger partial charge < -0.3 is 10.1 Å². The lowest BCUT2D eigenvalue weighted by molar-refractivity contribution is 0.0601. The fraction of sp³-hybridized carbons (Fsp3) is 0.250. The zero-order valence-electron chi connectivity index (χ0n) is 7.52. The van der Waals surface area contributed by atoms with Gasteiger partial charge in [0.2, 0.25) is 0 Å². The molecule has 1 rings (SSSR count). The molecule has 0 aliphatic heterocycles. The molecule has 0 fully saturated rings. The predicted octanol–water partition coefficient (Wildman–Crippen LogP) is 0.199. The average molecular weight is 192 g/mol. The van der Waals surface area contributed by atoms with Crippen LogP contribution in [0.1, 0.15) is 10.4 Å². The summed E-state index contributed by atoms with van der Waals surface area (Å²) in [4.78, 5) is 18.7. The van der Waals surface area contributed by atoms with Crippen molar-refractivity contribution in [1.29, 1.82) is 5.26 Å². The summed E-state index contributed by atoms with van der Waals surface area (Å²) in [6, 6.07) is 1.88. The lowest BCUT2D eigenvalue weighted by Gasteiger charge is -2.05. The summed E-state index contributed by atoms with van der Waals surface area (Å²) in [5.74, 6) is -0.237. The number of carbonyl (C=O) groups is 1. The summed E-state index contributed by atoms with van der Waals surface area (Å²) in [6.45, 7) is 0.0704. The molecular formula is C8H8N4O2. The number of carbonyl (C=O) groups excluding carboxylic acids is 1. The molecule has 6 heteroatoms. The Bertz CT molecular complexity index is 372. The summed E-state index contributed by atoms with van der Waals surface area (Å²) in [5.41, 5.74) is 0.213. The maximum absolute atomic E-state index is 11.2. The highest BCUT2D eigenvalue weighted by atomic mass is 16.5. The third-order valence-electron chi connectivity index (χ3n) is 1.45. The molecule has 1 N–H and O–H groups in total. The van der Waals surface area contributed by atoms with Crippen LogP contribution in [0.4, 0.5) is 5.82 Å². The molecule has 1 heterocycles. The number of nitrogens with zero attached hydrogens (tertiary/aromatic N) is 3. The van der Waals surface area contributed by atoms with E-state index in [0.717, 1.165) is 0 Å². The fourth-order valence-corrected chi connectivity index (χ4v) is 0.853. The van der Waals surface area contributed by atoms with E-state index in [1.54, 1.807) is 0 Å². The molecule has 72 valence electrons.